The summed E-state index contributed by atoms with van der Waals surface area (Å²) in [5.41, 5.74) is 2.48. The van der Waals surface area contributed by atoms with Gasteiger partial charge in [0.15, 0.2) is 0 Å². The van der Waals surface area contributed by atoms with Gasteiger partial charge in [0.2, 0.25) is 5.79 Å². The third kappa shape index (κ3) is 2.96. The van der Waals surface area contributed by atoms with Gasteiger partial charge in [0.25, 0.3) is 0 Å². The van der Waals surface area contributed by atoms with Gasteiger partial charge in [-0.25, -0.2) is 0 Å². The largest absolute Gasteiger partial charge is 0.461 e. The fourth-order valence-electron chi connectivity index (χ4n) is 2.87. The number of nitriles is 1. The van der Waals surface area contributed by atoms with Gasteiger partial charge in [-0.15, -0.1) is 0 Å². The molecule has 0 radical (unpaired) electrons. The molecule has 0 spiro atoms. The summed E-state index contributed by atoms with van der Waals surface area (Å²) in [6.45, 7) is 1.90. The van der Waals surface area contributed by atoms with Crippen molar-refractivity contribution in [2.45, 2.75) is 25.0 Å². The molecule has 3 rings (SSSR count). The van der Waals surface area contributed by atoms with E-state index in [0.717, 1.165) is 11.1 Å². The maximum atomic E-state index is 9.75. The Bertz CT molecular complexity index is 750. The highest BCUT2D eigenvalue weighted by Gasteiger charge is 2.40. The highest BCUT2D eigenvalue weighted by atomic mass is 16.7. The molecule has 0 N–H and O–H groups in total. The number of benzene rings is 1. The van der Waals surface area contributed by atoms with Crippen molar-refractivity contribution in [3.05, 3.63) is 71.6 Å². The molecule has 0 bridgehead atoms. The van der Waals surface area contributed by atoms with Crippen molar-refractivity contribution in [1.29, 1.82) is 5.26 Å². The number of ether oxygens (including phenoxy) is 2. The van der Waals surface area contributed by atoms with Crippen molar-refractivity contribution in [3.8, 4) is 6.07 Å². The summed E-state index contributed by atoms with van der Waals surface area (Å²) < 4.78 is 11.7. The first-order valence-electron chi connectivity index (χ1n) is 7.50. The van der Waals surface area contributed by atoms with E-state index >= 15 is 0 Å². The number of hydrogen-bond donors (Lipinski definition) is 0. The van der Waals surface area contributed by atoms with Gasteiger partial charge in [0.1, 0.15) is 5.76 Å². The van der Waals surface area contributed by atoms with Gasteiger partial charge in [-0.2, -0.15) is 5.26 Å². The number of rotatable bonds is 3. The number of pyridine rings is 1. The molecule has 1 aliphatic rings. The Morgan fingerprint density at radius 3 is 2.65 bits per heavy atom. The summed E-state index contributed by atoms with van der Waals surface area (Å²) in [5.74, 6) is -0.313. The minimum atomic E-state index is -0.786. The van der Waals surface area contributed by atoms with E-state index in [9.17, 15) is 5.26 Å². The van der Waals surface area contributed by atoms with Gasteiger partial charge in [0.05, 0.1) is 11.6 Å². The first-order valence-corrected chi connectivity index (χ1v) is 7.50. The number of hydrogen-bond acceptors (Lipinski definition) is 4. The highest BCUT2D eigenvalue weighted by Crippen LogP contribution is 2.44. The van der Waals surface area contributed by atoms with Gasteiger partial charge in [-0.3, -0.25) is 4.98 Å². The molecule has 4 nitrogen and oxygen atoms in total. The van der Waals surface area contributed by atoms with Crippen LogP contribution in [0, 0.1) is 11.3 Å². The molecule has 0 unspecified atom stereocenters. The summed E-state index contributed by atoms with van der Waals surface area (Å²) in [7, 11) is 1.63. The van der Waals surface area contributed by atoms with Crippen LogP contribution in [0.3, 0.4) is 0 Å². The molecule has 1 aliphatic heterocycles. The molecule has 4 heteroatoms. The Morgan fingerprint density at radius 1 is 1.26 bits per heavy atom. The minimum Gasteiger partial charge on any atom is -0.461 e. The zero-order chi connectivity index (χ0) is 16.3. The van der Waals surface area contributed by atoms with Crippen molar-refractivity contribution in [2.24, 2.45) is 0 Å². The second kappa shape index (κ2) is 6.23. The standard InChI is InChI=1S/C19H18N2O2/c1-19(22-2)11-16(15-9-6-10-21-13-15)17(12-20)18(23-19)14-7-4-3-5-8-14/h3-10,13,16H,11H2,1-2H3/t16-,19-/m1/s1. The second-order valence-electron chi connectivity index (χ2n) is 5.70. The normalized spacial score (nSPS) is 24.0. The van der Waals surface area contributed by atoms with Crippen LogP contribution in [-0.4, -0.2) is 17.9 Å². The van der Waals surface area contributed by atoms with Gasteiger partial charge in [-0.05, 0) is 11.6 Å². The average molecular weight is 306 g/mol. The minimum absolute atomic E-state index is 0.109. The molecule has 2 aromatic rings. The maximum Gasteiger partial charge on any atom is 0.208 e. The van der Waals surface area contributed by atoms with Crippen molar-refractivity contribution < 1.29 is 9.47 Å². The van der Waals surface area contributed by atoms with E-state index < -0.39 is 5.79 Å². The molecule has 1 aromatic carbocycles. The summed E-state index contributed by atoms with van der Waals surface area (Å²) in [5, 5.41) is 9.75. The molecule has 0 saturated carbocycles. The van der Waals surface area contributed by atoms with Gasteiger partial charge in [0, 0.05) is 44.3 Å². The Kier molecular flexibility index (Phi) is 4.14. The van der Waals surface area contributed by atoms with E-state index in [2.05, 4.69) is 11.1 Å². The molecular formula is C19H18N2O2. The fourth-order valence-corrected chi connectivity index (χ4v) is 2.87. The number of methoxy groups -OCH3 is 1. The predicted octanol–water partition coefficient (Wildman–Crippen LogP) is 3.88. The first-order chi connectivity index (χ1) is 11.2. The average Bonchev–Trinajstić information content (AvgIpc) is 2.62. The summed E-state index contributed by atoms with van der Waals surface area (Å²) in [4.78, 5) is 4.19. The molecule has 2 heterocycles. The van der Waals surface area contributed by atoms with E-state index in [0.29, 0.717) is 17.8 Å². The monoisotopic (exact) mass is 306 g/mol. The zero-order valence-corrected chi connectivity index (χ0v) is 13.2. The molecule has 2 atom stereocenters. The summed E-state index contributed by atoms with van der Waals surface area (Å²) >= 11 is 0. The van der Waals surface area contributed by atoms with Crippen LogP contribution in [0.4, 0.5) is 0 Å². The Morgan fingerprint density at radius 2 is 2.04 bits per heavy atom. The lowest BCUT2D eigenvalue weighted by Gasteiger charge is -2.38. The number of nitrogens with zero attached hydrogens (tertiary/aromatic N) is 2. The molecular weight excluding hydrogens is 288 g/mol. The Balaban J connectivity index is 2.16. The van der Waals surface area contributed by atoms with E-state index in [-0.39, 0.29) is 5.92 Å². The summed E-state index contributed by atoms with van der Waals surface area (Å²) in [6, 6.07) is 15.9. The smallest absolute Gasteiger partial charge is 0.208 e. The highest BCUT2D eigenvalue weighted by molar-refractivity contribution is 5.70. The van der Waals surface area contributed by atoms with Crippen molar-refractivity contribution in [2.75, 3.05) is 7.11 Å². The lowest BCUT2D eigenvalue weighted by Crippen LogP contribution is -2.37. The van der Waals surface area contributed by atoms with Crippen molar-refractivity contribution >= 4 is 5.76 Å². The third-order valence-corrected chi connectivity index (χ3v) is 4.16. The van der Waals surface area contributed by atoms with Crippen LogP contribution in [0.25, 0.3) is 5.76 Å². The SMILES string of the molecule is CO[C@@]1(C)C[C@H](c2cccnc2)C(C#N)=C(c2ccccc2)O1. The molecule has 0 saturated heterocycles. The van der Waals surface area contributed by atoms with E-state index in [4.69, 9.17) is 9.47 Å². The van der Waals surface area contributed by atoms with Gasteiger partial charge >= 0.3 is 0 Å². The number of aromatic nitrogens is 1. The first kappa shape index (κ1) is 15.3. The predicted molar refractivity (Wildman–Crippen MR) is 87.1 cm³/mol. The van der Waals surface area contributed by atoms with Crippen LogP contribution in [0.1, 0.15) is 30.4 Å². The summed E-state index contributed by atoms with van der Waals surface area (Å²) in [6.07, 6.45) is 4.09. The van der Waals surface area contributed by atoms with Crippen LogP contribution >= 0.6 is 0 Å². The van der Waals surface area contributed by atoms with E-state index in [1.165, 1.54) is 0 Å². The van der Waals surface area contributed by atoms with Crippen LogP contribution in [-0.2, 0) is 9.47 Å². The molecule has 1 aromatic heterocycles. The topological polar surface area (TPSA) is 55.1 Å². The van der Waals surface area contributed by atoms with Gasteiger partial charge < -0.3 is 9.47 Å². The number of allylic oxidation sites excluding steroid dienone is 1. The molecule has 23 heavy (non-hydrogen) atoms. The Labute approximate surface area is 136 Å². The van der Waals surface area contributed by atoms with Crippen LogP contribution in [0.15, 0.2) is 60.4 Å². The second-order valence-corrected chi connectivity index (χ2v) is 5.70. The van der Waals surface area contributed by atoms with Crippen LogP contribution in [0.2, 0.25) is 0 Å². The van der Waals surface area contributed by atoms with Crippen LogP contribution in [0.5, 0.6) is 0 Å². The third-order valence-electron chi connectivity index (χ3n) is 4.16. The van der Waals surface area contributed by atoms with Crippen molar-refractivity contribution in [1.82, 2.24) is 4.98 Å². The molecule has 0 amide bonds. The van der Waals surface area contributed by atoms with Crippen LogP contribution < -0.4 is 0 Å². The van der Waals surface area contributed by atoms with Gasteiger partial charge in [-0.1, -0.05) is 36.4 Å². The Hall–Kier alpha value is -2.64. The lowest BCUT2D eigenvalue weighted by molar-refractivity contribution is -0.179. The zero-order valence-electron chi connectivity index (χ0n) is 13.2. The molecule has 116 valence electrons. The fraction of sp³-hybridized carbons (Fsp3) is 0.263. The molecule has 0 fully saturated rings. The molecule has 0 aliphatic carbocycles. The maximum absolute atomic E-state index is 9.75. The van der Waals surface area contributed by atoms with Crippen molar-refractivity contribution in [3.63, 3.8) is 0 Å². The quantitative estimate of drug-likeness (QED) is 0.863. The van der Waals surface area contributed by atoms with E-state index in [1.54, 1.807) is 19.5 Å². The lowest BCUT2D eigenvalue weighted by atomic mass is 9.83. The van der Waals surface area contributed by atoms with E-state index in [1.807, 2.05) is 49.4 Å².